The van der Waals surface area contributed by atoms with Gasteiger partial charge in [0.15, 0.2) is 0 Å². The summed E-state index contributed by atoms with van der Waals surface area (Å²) in [5.74, 6) is 0.893. The Morgan fingerprint density at radius 2 is 1.86 bits per heavy atom. The lowest BCUT2D eigenvalue weighted by Gasteiger charge is -2.29. The van der Waals surface area contributed by atoms with Gasteiger partial charge in [-0.05, 0) is 44.7 Å². The first-order chi connectivity index (χ1) is 6.84. The van der Waals surface area contributed by atoms with Gasteiger partial charge in [-0.15, -0.1) is 0 Å². The molecule has 1 saturated carbocycles. The van der Waals surface area contributed by atoms with Gasteiger partial charge in [-0.2, -0.15) is 0 Å². The number of likely N-dealkylation sites (tertiary alicyclic amines) is 1. The van der Waals surface area contributed by atoms with Gasteiger partial charge >= 0.3 is 0 Å². The molecule has 1 saturated heterocycles. The first-order valence-electron chi connectivity index (χ1n) is 5.90. The molecule has 0 amide bonds. The number of nitrogens with zero attached hydrogens (tertiary/aromatic N) is 1. The van der Waals surface area contributed by atoms with Crippen LogP contribution in [0.1, 0.15) is 25.7 Å². The van der Waals surface area contributed by atoms with Gasteiger partial charge in [0.2, 0.25) is 0 Å². The molecule has 0 unspecified atom stereocenters. The Balaban J connectivity index is 1.47. The lowest BCUT2D eigenvalue weighted by Crippen LogP contribution is -2.41. The minimum atomic E-state index is 0.443. The van der Waals surface area contributed by atoms with Crippen LogP contribution in [0.4, 0.5) is 0 Å². The summed E-state index contributed by atoms with van der Waals surface area (Å²) in [6.07, 6.45) is 5.09. The third-order valence-electron chi connectivity index (χ3n) is 3.23. The molecule has 2 aliphatic rings. The van der Waals surface area contributed by atoms with E-state index in [4.69, 9.17) is 10.5 Å². The molecule has 0 bridgehead atoms. The minimum absolute atomic E-state index is 0.443. The first-order valence-corrected chi connectivity index (χ1v) is 5.90. The molecular formula is C11H22N2O. The maximum Gasteiger partial charge on any atom is 0.0593 e. The highest BCUT2D eigenvalue weighted by atomic mass is 16.5. The maximum absolute atomic E-state index is 5.84. The molecule has 2 rings (SSSR count). The molecule has 0 spiro atoms. The van der Waals surface area contributed by atoms with Gasteiger partial charge in [0.25, 0.3) is 0 Å². The average molecular weight is 198 g/mol. The summed E-state index contributed by atoms with van der Waals surface area (Å²) in [5.41, 5.74) is 5.84. The van der Waals surface area contributed by atoms with Crippen LogP contribution in [0.25, 0.3) is 0 Å². The van der Waals surface area contributed by atoms with Crippen LogP contribution < -0.4 is 5.73 Å². The fourth-order valence-corrected chi connectivity index (χ4v) is 1.90. The third kappa shape index (κ3) is 3.56. The van der Waals surface area contributed by atoms with E-state index >= 15 is 0 Å². The predicted octanol–water partition coefficient (Wildman–Crippen LogP) is 0.836. The predicted molar refractivity (Wildman–Crippen MR) is 57.2 cm³/mol. The topological polar surface area (TPSA) is 38.5 Å². The average Bonchev–Trinajstić information content (AvgIpc) is 2.99. The molecule has 14 heavy (non-hydrogen) atoms. The van der Waals surface area contributed by atoms with Crippen molar-refractivity contribution in [3.8, 4) is 0 Å². The van der Waals surface area contributed by atoms with Crippen molar-refractivity contribution in [1.29, 1.82) is 0 Å². The van der Waals surface area contributed by atoms with Crippen LogP contribution in [0.3, 0.4) is 0 Å². The zero-order chi connectivity index (χ0) is 9.80. The van der Waals surface area contributed by atoms with Crippen LogP contribution in [-0.2, 0) is 4.74 Å². The lowest BCUT2D eigenvalue weighted by atomic mass is 10.1. The number of hydrogen-bond donors (Lipinski definition) is 1. The number of nitrogens with two attached hydrogens (primary N) is 1. The summed E-state index contributed by atoms with van der Waals surface area (Å²) in [7, 11) is 0. The minimum Gasteiger partial charge on any atom is -0.380 e. The molecule has 82 valence electrons. The summed E-state index contributed by atoms with van der Waals surface area (Å²) in [4.78, 5) is 2.47. The molecule has 1 aliphatic heterocycles. The number of hydrogen-bond acceptors (Lipinski definition) is 3. The van der Waals surface area contributed by atoms with E-state index in [1.165, 1.54) is 12.8 Å². The maximum atomic E-state index is 5.84. The Bertz CT molecular complexity index is 163. The van der Waals surface area contributed by atoms with Crippen LogP contribution in [0.5, 0.6) is 0 Å². The van der Waals surface area contributed by atoms with Gasteiger partial charge in [-0.25, -0.2) is 0 Å². The van der Waals surface area contributed by atoms with Gasteiger partial charge in [-0.1, -0.05) is 0 Å². The molecule has 0 aromatic rings. The molecule has 2 N–H and O–H groups in total. The van der Waals surface area contributed by atoms with Crippen molar-refractivity contribution in [2.75, 3.05) is 32.8 Å². The highest BCUT2D eigenvalue weighted by molar-refractivity contribution is 4.74. The van der Waals surface area contributed by atoms with E-state index in [1.54, 1.807) is 0 Å². The molecule has 3 heteroatoms. The van der Waals surface area contributed by atoms with Crippen molar-refractivity contribution >= 4 is 0 Å². The summed E-state index contributed by atoms with van der Waals surface area (Å²) >= 11 is 0. The molecule has 0 aromatic heterocycles. The van der Waals surface area contributed by atoms with Crippen LogP contribution >= 0.6 is 0 Å². The van der Waals surface area contributed by atoms with Crippen molar-refractivity contribution in [1.82, 2.24) is 4.90 Å². The van der Waals surface area contributed by atoms with Crippen molar-refractivity contribution in [3.63, 3.8) is 0 Å². The molecule has 2 fully saturated rings. The van der Waals surface area contributed by atoms with Crippen molar-refractivity contribution < 1.29 is 4.74 Å². The van der Waals surface area contributed by atoms with E-state index in [0.717, 1.165) is 51.6 Å². The highest BCUT2D eigenvalue weighted by Crippen LogP contribution is 2.28. The Labute approximate surface area is 86.6 Å². The lowest BCUT2D eigenvalue weighted by molar-refractivity contribution is 0.0877. The molecule has 0 radical (unpaired) electrons. The quantitative estimate of drug-likeness (QED) is 0.665. The summed E-state index contributed by atoms with van der Waals surface area (Å²) < 4.78 is 5.61. The Hall–Kier alpha value is -0.120. The second-order valence-electron chi connectivity index (χ2n) is 4.70. The monoisotopic (exact) mass is 198 g/mol. The Kier molecular flexibility index (Phi) is 3.79. The van der Waals surface area contributed by atoms with Crippen molar-refractivity contribution in [2.45, 2.75) is 31.7 Å². The largest absolute Gasteiger partial charge is 0.380 e. The Morgan fingerprint density at radius 3 is 2.50 bits per heavy atom. The van der Waals surface area contributed by atoms with Gasteiger partial charge in [-0.3, -0.25) is 0 Å². The van der Waals surface area contributed by atoms with Crippen molar-refractivity contribution in [2.24, 2.45) is 11.7 Å². The molecule has 1 aliphatic carbocycles. The zero-order valence-corrected chi connectivity index (χ0v) is 8.95. The zero-order valence-electron chi connectivity index (χ0n) is 8.95. The van der Waals surface area contributed by atoms with E-state index < -0.39 is 0 Å². The highest BCUT2D eigenvalue weighted by Gasteiger charge is 2.21. The van der Waals surface area contributed by atoms with E-state index in [1.807, 2.05) is 0 Å². The van der Waals surface area contributed by atoms with E-state index in [9.17, 15) is 0 Å². The standard InChI is InChI=1S/C11H22N2O/c12-11-3-5-13(6-4-11)7-8-14-9-10-1-2-10/h10-11H,1-9,12H2. The molecule has 1 heterocycles. The van der Waals surface area contributed by atoms with Crippen molar-refractivity contribution in [3.05, 3.63) is 0 Å². The SMILES string of the molecule is NC1CCN(CCOCC2CC2)CC1. The molecule has 3 nitrogen and oxygen atoms in total. The van der Waals surface area contributed by atoms with Crippen LogP contribution in [0.2, 0.25) is 0 Å². The molecular weight excluding hydrogens is 176 g/mol. The Morgan fingerprint density at radius 1 is 1.14 bits per heavy atom. The second kappa shape index (κ2) is 5.10. The summed E-state index contributed by atoms with van der Waals surface area (Å²) in [6.45, 7) is 5.32. The summed E-state index contributed by atoms with van der Waals surface area (Å²) in [5, 5.41) is 0. The summed E-state index contributed by atoms with van der Waals surface area (Å²) in [6, 6.07) is 0.443. The van der Waals surface area contributed by atoms with Gasteiger partial charge < -0.3 is 15.4 Å². The third-order valence-corrected chi connectivity index (χ3v) is 3.23. The van der Waals surface area contributed by atoms with Crippen LogP contribution in [0, 0.1) is 5.92 Å². The van der Waals surface area contributed by atoms with Gasteiger partial charge in [0.05, 0.1) is 6.61 Å². The van der Waals surface area contributed by atoms with Crippen LogP contribution in [-0.4, -0.2) is 43.8 Å². The van der Waals surface area contributed by atoms with Gasteiger partial charge in [0.1, 0.15) is 0 Å². The van der Waals surface area contributed by atoms with Gasteiger partial charge in [0, 0.05) is 19.2 Å². The fraction of sp³-hybridized carbons (Fsp3) is 1.00. The van der Waals surface area contributed by atoms with E-state index in [-0.39, 0.29) is 0 Å². The normalized spacial score (nSPS) is 25.5. The smallest absolute Gasteiger partial charge is 0.0593 e. The number of ether oxygens (including phenoxy) is 1. The van der Waals surface area contributed by atoms with Crippen LogP contribution in [0.15, 0.2) is 0 Å². The number of piperidine rings is 1. The second-order valence-corrected chi connectivity index (χ2v) is 4.70. The first kappa shape index (κ1) is 10.4. The number of rotatable bonds is 5. The fourth-order valence-electron chi connectivity index (χ4n) is 1.90. The molecule has 0 atom stereocenters. The molecule has 0 aromatic carbocycles. The van der Waals surface area contributed by atoms with E-state index in [0.29, 0.717) is 6.04 Å². The van der Waals surface area contributed by atoms with E-state index in [2.05, 4.69) is 4.90 Å².